The molecule has 0 aliphatic carbocycles. The molecule has 0 radical (unpaired) electrons. The molecule has 130 valence electrons. The SMILES string of the molecule is COc1ccc2nc(C)c(C(=O)Nc3ccc4[nH]c(C)cc4c3)cc2c1. The molecular weight excluding hydrogens is 326 g/mol. The zero-order valence-electron chi connectivity index (χ0n) is 14.9. The minimum atomic E-state index is -0.175. The van der Waals surface area contributed by atoms with Crippen LogP contribution >= 0.6 is 0 Å². The number of carbonyl (C=O) groups excluding carboxylic acids is 1. The number of pyridine rings is 1. The Labute approximate surface area is 151 Å². The van der Waals surface area contributed by atoms with Crippen molar-refractivity contribution in [2.24, 2.45) is 0 Å². The maximum atomic E-state index is 12.8. The monoisotopic (exact) mass is 345 g/mol. The van der Waals surface area contributed by atoms with Gasteiger partial charge in [-0.05, 0) is 62.4 Å². The number of benzene rings is 2. The fourth-order valence-corrected chi connectivity index (χ4v) is 3.16. The molecule has 26 heavy (non-hydrogen) atoms. The summed E-state index contributed by atoms with van der Waals surface area (Å²) in [5, 5.41) is 4.91. The summed E-state index contributed by atoms with van der Waals surface area (Å²) in [6, 6.07) is 15.4. The van der Waals surface area contributed by atoms with Crippen molar-refractivity contribution in [1.29, 1.82) is 0 Å². The smallest absolute Gasteiger partial charge is 0.257 e. The number of hydrogen-bond acceptors (Lipinski definition) is 3. The van der Waals surface area contributed by atoms with Gasteiger partial charge >= 0.3 is 0 Å². The van der Waals surface area contributed by atoms with Gasteiger partial charge in [0.15, 0.2) is 0 Å². The highest BCUT2D eigenvalue weighted by Gasteiger charge is 2.13. The average Bonchev–Trinajstić information content (AvgIpc) is 3.00. The zero-order chi connectivity index (χ0) is 18.3. The Bertz CT molecular complexity index is 1140. The second kappa shape index (κ2) is 6.19. The molecular formula is C21H19N3O2. The largest absolute Gasteiger partial charge is 0.497 e. The molecule has 0 bridgehead atoms. The molecule has 4 rings (SSSR count). The van der Waals surface area contributed by atoms with Gasteiger partial charge in [-0.2, -0.15) is 0 Å². The van der Waals surface area contributed by atoms with E-state index in [1.165, 1.54) is 0 Å². The number of fused-ring (bicyclic) bond motifs is 2. The summed E-state index contributed by atoms with van der Waals surface area (Å²) in [7, 11) is 1.62. The number of rotatable bonds is 3. The topological polar surface area (TPSA) is 67.0 Å². The van der Waals surface area contributed by atoms with Gasteiger partial charge in [0.25, 0.3) is 5.91 Å². The van der Waals surface area contributed by atoms with E-state index in [2.05, 4.69) is 21.4 Å². The van der Waals surface area contributed by atoms with Crippen LogP contribution in [0.25, 0.3) is 21.8 Å². The summed E-state index contributed by atoms with van der Waals surface area (Å²) in [4.78, 5) is 20.6. The number of nitrogens with zero attached hydrogens (tertiary/aromatic N) is 1. The van der Waals surface area contributed by atoms with Gasteiger partial charge in [-0.15, -0.1) is 0 Å². The Morgan fingerprint density at radius 2 is 1.88 bits per heavy atom. The third-order valence-electron chi connectivity index (χ3n) is 4.47. The number of amides is 1. The van der Waals surface area contributed by atoms with E-state index in [0.29, 0.717) is 11.3 Å². The first-order chi connectivity index (χ1) is 12.5. The summed E-state index contributed by atoms with van der Waals surface area (Å²) < 4.78 is 5.26. The van der Waals surface area contributed by atoms with Crippen LogP contribution < -0.4 is 10.1 Å². The van der Waals surface area contributed by atoms with E-state index in [-0.39, 0.29) is 5.91 Å². The van der Waals surface area contributed by atoms with Crippen LogP contribution in [0.5, 0.6) is 5.75 Å². The lowest BCUT2D eigenvalue weighted by Crippen LogP contribution is -2.14. The van der Waals surface area contributed by atoms with Crippen LogP contribution in [-0.4, -0.2) is 23.0 Å². The standard InChI is InChI=1S/C21H19N3O2/c1-12-8-14-9-16(4-6-19(14)22-12)24-21(25)18-11-15-10-17(26-3)5-7-20(15)23-13(18)2/h4-11,22H,1-3H3,(H,24,25). The van der Waals surface area contributed by atoms with Crippen LogP contribution in [0.2, 0.25) is 0 Å². The van der Waals surface area contributed by atoms with Crippen molar-refractivity contribution in [3.05, 3.63) is 65.5 Å². The lowest BCUT2D eigenvalue weighted by atomic mass is 10.1. The predicted octanol–water partition coefficient (Wildman–Crippen LogP) is 4.59. The zero-order valence-corrected chi connectivity index (χ0v) is 14.9. The van der Waals surface area contributed by atoms with Gasteiger partial charge in [-0.3, -0.25) is 9.78 Å². The summed E-state index contributed by atoms with van der Waals surface area (Å²) in [6.07, 6.45) is 0. The van der Waals surface area contributed by atoms with Gasteiger partial charge in [0.2, 0.25) is 0 Å². The Hall–Kier alpha value is -3.34. The molecule has 2 N–H and O–H groups in total. The van der Waals surface area contributed by atoms with Crippen LogP contribution in [-0.2, 0) is 0 Å². The van der Waals surface area contributed by atoms with Gasteiger partial charge < -0.3 is 15.0 Å². The highest BCUT2D eigenvalue weighted by Crippen LogP contribution is 2.24. The highest BCUT2D eigenvalue weighted by molar-refractivity contribution is 6.07. The van der Waals surface area contributed by atoms with E-state index >= 15 is 0 Å². The number of aromatic amines is 1. The Morgan fingerprint density at radius 3 is 2.69 bits per heavy atom. The maximum absolute atomic E-state index is 12.8. The first-order valence-corrected chi connectivity index (χ1v) is 8.39. The lowest BCUT2D eigenvalue weighted by molar-refractivity contribution is 0.102. The minimum Gasteiger partial charge on any atom is -0.497 e. The second-order valence-corrected chi connectivity index (χ2v) is 6.39. The van der Waals surface area contributed by atoms with Crippen LogP contribution in [0.4, 0.5) is 5.69 Å². The normalized spacial score (nSPS) is 11.0. The molecule has 0 spiro atoms. The van der Waals surface area contributed by atoms with Crippen molar-refractivity contribution in [3.8, 4) is 5.75 Å². The molecule has 0 unspecified atom stereocenters. The molecule has 0 atom stereocenters. The second-order valence-electron chi connectivity index (χ2n) is 6.39. The van der Waals surface area contributed by atoms with Gasteiger partial charge in [0, 0.05) is 27.7 Å². The summed E-state index contributed by atoms with van der Waals surface area (Å²) in [5.74, 6) is 0.564. The number of hydrogen-bond donors (Lipinski definition) is 2. The molecule has 2 heterocycles. The third kappa shape index (κ3) is 2.88. The van der Waals surface area contributed by atoms with E-state index in [0.717, 1.165) is 38.9 Å². The Balaban J connectivity index is 1.68. The quantitative estimate of drug-likeness (QED) is 0.570. The molecule has 2 aromatic heterocycles. The molecule has 4 aromatic rings. The molecule has 0 aliphatic rings. The van der Waals surface area contributed by atoms with E-state index in [4.69, 9.17) is 4.74 Å². The number of anilines is 1. The van der Waals surface area contributed by atoms with Crippen LogP contribution in [0, 0.1) is 13.8 Å². The number of ether oxygens (including phenoxy) is 1. The summed E-state index contributed by atoms with van der Waals surface area (Å²) in [6.45, 7) is 3.86. The van der Waals surface area contributed by atoms with Gasteiger partial charge in [-0.1, -0.05) is 0 Å². The molecule has 0 aliphatic heterocycles. The number of aryl methyl sites for hydroxylation is 2. The van der Waals surface area contributed by atoms with Crippen LogP contribution in [0.15, 0.2) is 48.5 Å². The summed E-state index contributed by atoms with van der Waals surface area (Å²) in [5.41, 5.74) is 4.98. The number of methoxy groups -OCH3 is 1. The van der Waals surface area contributed by atoms with Crippen molar-refractivity contribution in [1.82, 2.24) is 9.97 Å². The number of H-pyrrole nitrogens is 1. The van der Waals surface area contributed by atoms with Crippen molar-refractivity contribution >= 4 is 33.4 Å². The first kappa shape index (κ1) is 16.1. The molecule has 1 amide bonds. The fraction of sp³-hybridized carbons (Fsp3) is 0.143. The maximum Gasteiger partial charge on any atom is 0.257 e. The van der Waals surface area contributed by atoms with Crippen molar-refractivity contribution in [3.63, 3.8) is 0 Å². The molecule has 5 heteroatoms. The predicted molar refractivity (Wildman–Crippen MR) is 104 cm³/mol. The van der Waals surface area contributed by atoms with Crippen molar-refractivity contribution in [2.75, 3.05) is 12.4 Å². The van der Waals surface area contributed by atoms with Gasteiger partial charge in [-0.25, -0.2) is 0 Å². The Morgan fingerprint density at radius 1 is 1.04 bits per heavy atom. The lowest BCUT2D eigenvalue weighted by Gasteiger charge is -2.10. The molecule has 0 fully saturated rings. The Kier molecular flexibility index (Phi) is 3.84. The van der Waals surface area contributed by atoms with Crippen LogP contribution in [0.1, 0.15) is 21.7 Å². The number of carbonyl (C=O) groups is 1. The van der Waals surface area contributed by atoms with Crippen molar-refractivity contribution < 1.29 is 9.53 Å². The fourth-order valence-electron chi connectivity index (χ4n) is 3.16. The molecule has 2 aromatic carbocycles. The molecule has 5 nitrogen and oxygen atoms in total. The molecule has 0 saturated carbocycles. The van der Waals surface area contributed by atoms with E-state index in [1.54, 1.807) is 7.11 Å². The third-order valence-corrected chi connectivity index (χ3v) is 4.47. The van der Waals surface area contributed by atoms with Crippen LogP contribution in [0.3, 0.4) is 0 Å². The highest BCUT2D eigenvalue weighted by atomic mass is 16.5. The summed E-state index contributed by atoms with van der Waals surface area (Å²) >= 11 is 0. The average molecular weight is 345 g/mol. The van der Waals surface area contributed by atoms with Gasteiger partial charge in [0.1, 0.15) is 5.75 Å². The minimum absolute atomic E-state index is 0.175. The van der Waals surface area contributed by atoms with E-state index in [9.17, 15) is 4.79 Å². The number of aromatic nitrogens is 2. The molecule has 0 saturated heterocycles. The number of nitrogens with one attached hydrogen (secondary N) is 2. The van der Waals surface area contributed by atoms with E-state index in [1.807, 2.05) is 56.3 Å². The van der Waals surface area contributed by atoms with Crippen molar-refractivity contribution in [2.45, 2.75) is 13.8 Å². The van der Waals surface area contributed by atoms with E-state index < -0.39 is 0 Å². The van der Waals surface area contributed by atoms with Gasteiger partial charge in [0.05, 0.1) is 23.9 Å². The first-order valence-electron chi connectivity index (χ1n) is 8.39.